The first kappa shape index (κ1) is 18.3. The Morgan fingerprint density at radius 1 is 1.14 bits per heavy atom. The number of carbonyl (C=O) groups excluding carboxylic acids is 2. The molecule has 0 aliphatic carbocycles. The minimum Gasteiger partial charge on any atom is -0.496 e. The van der Waals surface area contributed by atoms with Gasteiger partial charge in [0.05, 0.1) is 19.1 Å². The number of esters is 1. The first-order chi connectivity index (χ1) is 13.5. The van der Waals surface area contributed by atoms with Gasteiger partial charge in [-0.15, -0.1) is 0 Å². The van der Waals surface area contributed by atoms with E-state index in [9.17, 15) is 9.59 Å². The maximum atomic E-state index is 12.9. The van der Waals surface area contributed by atoms with Crippen LogP contribution in [-0.4, -0.2) is 18.9 Å². The van der Waals surface area contributed by atoms with Crippen LogP contribution in [0.25, 0.3) is 6.08 Å². The molecule has 0 saturated heterocycles. The molecule has 1 atom stereocenters. The summed E-state index contributed by atoms with van der Waals surface area (Å²) in [6.07, 6.45) is 2.81. The predicted octanol–water partition coefficient (Wildman–Crippen LogP) is 4.75. The summed E-state index contributed by atoms with van der Waals surface area (Å²) in [4.78, 5) is 24.9. The Morgan fingerprint density at radius 2 is 1.93 bits per heavy atom. The summed E-state index contributed by atoms with van der Waals surface area (Å²) >= 11 is 0. The summed E-state index contributed by atoms with van der Waals surface area (Å²) in [5, 5.41) is 0. The van der Waals surface area contributed by atoms with E-state index < -0.39 is 0 Å². The van der Waals surface area contributed by atoms with Crippen LogP contribution in [0.2, 0.25) is 0 Å². The van der Waals surface area contributed by atoms with Crippen molar-refractivity contribution in [3.05, 3.63) is 58.8 Å². The maximum absolute atomic E-state index is 12.9. The van der Waals surface area contributed by atoms with Crippen LogP contribution < -0.4 is 14.2 Å². The highest BCUT2D eigenvalue weighted by Crippen LogP contribution is 2.48. The topological polar surface area (TPSA) is 61.8 Å². The highest BCUT2D eigenvalue weighted by molar-refractivity contribution is 6.15. The molecule has 5 heteroatoms. The Labute approximate surface area is 163 Å². The number of methoxy groups -OCH3 is 1. The molecular formula is C23H22O5. The summed E-state index contributed by atoms with van der Waals surface area (Å²) in [6.45, 7) is 4.23. The molecule has 0 bridgehead atoms. The number of hydrogen-bond acceptors (Lipinski definition) is 5. The monoisotopic (exact) mass is 378 g/mol. The lowest BCUT2D eigenvalue weighted by molar-refractivity contribution is -0.136. The third kappa shape index (κ3) is 3.17. The summed E-state index contributed by atoms with van der Waals surface area (Å²) in [5.41, 5.74) is 2.09. The van der Waals surface area contributed by atoms with E-state index in [0.717, 1.165) is 17.5 Å². The molecule has 0 amide bonds. The van der Waals surface area contributed by atoms with E-state index in [1.807, 2.05) is 24.3 Å². The molecule has 4 rings (SSSR count). The molecule has 0 radical (unpaired) electrons. The molecule has 2 heterocycles. The first-order valence-electron chi connectivity index (χ1n) is 9.42. The molecule has 2 aliphatic rings. The molecule has 2 aliphatic heterocycles. The van der Waals surface area contributed by atoms with E-state index in [-0.39, 0.29) is 23.4 Å². The van der Waals surface area contributed by atoms with Gasteiger partial charge in [-0.1, -0.05) is 32.0 Å². The zero-order chi connectivity index (χ0) is 19.8. The number of allylic oxidation sites excluding steroid dienone is 1. The number of rotatable bonds is 4. The molecule has 0 N–H and O–H groups in total. The molecule has 2 aromatic carbocycles. The van der Waals surface area contributed by atoms with Crippen molar-refractivity contribution >= 4 is 17.8 Å². The van der Waals surface area contributed by atoms with E-state index >= 15 is 0 Å². The van der Waals surface area contributed by atoms with Crippen molar-refractivity contribution in [2.45, 2.75) is 32.6 Å². The number of ether oxygens (including phenoxy) is 3. The number of ketones is 1. The van der Waals surface area contributed by atoms with Gasteiger partial charge in [-0.25, -0.2) is 0 Å². The fourth-order valence-electron chi connectivity index (χ4n) is 3.89. The Morgan fingerprint density at radius 3 is 2.68 bits per heavy atom. The van der Waals surface area contributed by atoms with Crippen LogP contribution in [0, 0.1) is 5.92 Å². The molecular weight excluding hydrogens is 356 g/mol. The number of carbonyl (C=O) groups is 2. The van der Waals surface area contributed by atoms with Crippen LogP contribution in [-0.2, 0) is 4.79 Å². The third-order valence-corrected chi connectivity index (χ3v) is 5.06. The van der Waals surface area contributed by atoms with E-state index in [1.54, 1.807) is 25.3 Å². The van der Waals surface area contributed by atoms with E-state index in [2.05, 4.69) is 13.8 Å². The Bertz CT molecular complexity index is 986. The fourth-order valence-corrected chi connectivity index (χ4v) is 3.89. The SMILES string of the molecule is COc1ccccc1/C=C1\Oc2c(ccc3c2[C@H](CC(C)C)CC(=O)O3)C1=O. The lowest BCUT2D eigenvalue weighted by Crippen LogP contribution is -2.21. The quantitative estimate of drug-likeness (QED) is 0.436. The van der Waals surface area contributed by atoms with Crippen LogP contribution in [0.5, 0.6) is 17.2 Å². The van der Waals surface area contributed by atoms with Crippen LogP contribution >= 0.6 is 0 Å². The van der Waals surface area contributed by atoms with Crippen molar-refractivity contribution in [1.29, 1.82) is 0 Å². The molecule has 0 saturated carbocycles. The van der Waals surface area contributed by atoms with Gasteiger partial charge in [0.25, 0.3) is 0 Å². The van der Waals surface area contributed by atoms with Gasteiger partial charge in [0.1, 0.15) is 17.2 Å². The summed E-state index contributed by atoms with van der Waals surface area (Å²) in [7, 11) is 1.59. The van der Waals surface area contributed by atoms with Crippen molar-refractivity contribution in [3.8, 4) is 17.2 Å². The van der Waals surface area contributed by atoms with Gasteiger partial charge >= 0.3 is 5.97 Å². The molecule has 144 valence electrons. The average Bonchev–Trinajstić information content (AvgIpc) is 2.97. The number of para-hydroxylation sites is 1. The molecule has 0 spiro atoms. The van der Waals surface area contributed by atoms with Gasteiger partial charge < -0.3 is 14.2 Å². The van der Waals surface area contributed by atoms with Crippen molar-refractivity contribution in [2.24, 2.45) is 5.92 Å². The minimum atomic E-state index is -0.243. The molecule has 28 heavy (non-hydrogen) atoms. The third-order valence-electron chi connectivity index (χ3n) is 5.06. The number of benzene rings is 2. The van der Waals surface area contributed by atoms with Crippen LogP contribution in [0.3, 0.4) is 0 Å². The molecule has 0 fully saturated rings. The summed E-state index contributed by atoms with van der Waals surface area (Å²) in [6, 6.07) is 10.8. The fraction of sp³-hybridized carbons (Fsp3) is 0.304. The molecule has 0 unspecified atom stereocenters. The van der Waals surface area contributed by atoms with Crippen molar-refractivity contribution < 1.29 is 23.8 Å². The lowest BCUT2D eigenvalue weighted by atomic mass is 9.84. The largest absolute Gasteiger partial charge is 0.496 e. The van der Waals surface area contributed by atoms with Crippen molar-refractivity contribution in [1.82, 2.24) is 0 Å². The summed E-state index contributed by atoms with van der Waals surface area (Å²) < 4.78 is 16.8. The van der Waals surface area contributed by atoms with Gasteiger partial charge in [0.15, 0.2) is 5.76 Å². The number of hydrogen-bond donors (Lipinski definition) is 0. The van der Waals surface area contributed by atoms with Gasteiger partial charge in [-0.3, -0.25) is 9.59 Å². The normalized spacial score (nSPS) is 19.3. The second kappa shape index (κ2) is 7.15. The van der Waals surface area contributed by atoms with Gasteiger partial charge in [-0.2, -0.15) is 0 Å². The predicted molar refractivity (Wildman–Crippen MR) is 105 cm³/mol. The molecule has 5 nitrogen and oxygen atoms in total. The summed E-state index contributed by atoms with van der Waals surface area (Å²) in [5.74, 6) is 1.87. The van der Waals surface area contributed by atoms with Crippen molar-refractivity contribution in [2.75, 3.05) is 7.11 Å². The Hall–Kier alpha value is -3.08. The Kier molecular flexibility index (Phi) is 4.67. The molecule has 0 aromatic heterocycles. The number of fused-ring (bicyclic) bond motifs is 3. The van der Waals surface area contributed by atoms with Gasteiger partial charge in [-0.05, 0) is 36.6 Å². The lowest BCUT2D eigenvalue weighted by Gasteiger charge is -2.27. The smallest absolute Gasteiger partial charge is 0.311 e. The highest BCUT2D eigenvalue weighted by Gasteiger charge is 2.38. The first-order valence-corrected chi connectivity index (χ1v) is 9.42. The van der Waals surface area contributed by atoms with Crippen LogP contribution in [0.4, 0.5) is 0 Å². The average molecular weight is 378 g/mol. The van der Waals surface area contributed by atoms with Gasteiger partial charge in [0, 0.05) is 17.0 Å². The zero-order valence-corrected chi connectivity index (χ0v) is 16.2. The zero-order valence-electron chi connectivity index (χ0n) is 16.2. The van der Waals surface area contributed by atoms with E-state index in [4.69, 9.17) is 14.2 Å². The number of Topliss-reactive ketones (excluding diaryl/α,β-unsaturated/α-hetero) is 1. The Balaban J connectivity index is 1.77. The minimum absolute atomic E-state index is 0.0235. The second-order valence-corrected chi connectivity index (χ2v) is 7.54. The van der Waals surface area contributed by atoms with Crippen molar-refractivity contribution in [3.63, 3.8) is 0 Å². The van der Waals surface area contributed by atoms with Crippen LogP contribution in [0.1, 0.15) is 54.1 Å². The maximum Gasteiger partial charge on any atom is 0.311 e. The van der Waals surface area contributed by atoms with Gasteiger partial charge in [0.2, 0.25) is 5.78 Å². The highest BCUT2D eigenvalue weighted by atomic mass is 16.5. The van der Waals surface area contributed by atoms with Crippen LogP contribution in [0.15, 0.2) is 42.2 Å². The second-order valence-electron chi connectivity index (χ2n) is 7.54. The van der Waals surface area contributed by atoms with E-state index in [1.165, 1.54) is 0 Å². The standard InChI is InChI=1S/C23H22O5/c1-13(2)10-15-12-20(24)27-18-9-8-16-22(25)19(28-23(16)21(15)18)11-14-6-4-5-7-17(14)26-3/h4-9,11,13,15H,10,12H2,1-3H3/b19-11-/t15-/m1/s1. The van der Waals surface area contributed by atoms with E-state index in [0.29, 0.717) is 35.2 Å². The molecule has 2 aromatic rings.